The van der Waals surface area contributed by atoms with Crippen molar-refractivity contribution in [3.8, 4) is 27.9 Å². The Morgan fingerprint density at radius 2 is 2.13 bits per heavy atom. The summed E-state index contributed by atoms with van der Waals surface area (Å²) in [6, 6.07) is 9.06. The highest BCUT2D eigenvalue weighted by Gasteiger charge is 2.25. The third-order valence-electron chi connectivity index (χ3n) is 4.45. The van der Waals surface area contributed by atoms with E-state index in [9.17, 15) is 4.79 Å². The van der Waals surface area contributed by atoms with E-state index in [2.05, 4.69) is 35.8 Å². The standard InChI is InChI=1S/C18H14N8O4S/c1-9(10-4-5-11-12(7-10)29-8-28-11)20-22-18(27)14-15(13-3-2-6-31-13)26(25-21-14)17-16(19)23-30-24-17/h2-7H,8H2,1H3,(H2,19,23)(H,22,27)/b20-9+. The fourth-order valence-electron chi connectivity index (χ4n) is 2.93. The minimum Gasteiger partial charge on any atom is -0.454 e. The van der Waals surface area contributed by atoms with Gasteiger partial charge in [0.15, 0.2) is 17.2 Å². The summed E-state index contributed by atoms with van der Waals surface area (Å²) >= 11 is 1.40. The lowest BCUT2D eigenvalue weighted by Crippen LogP contribution is -2.20. The summed E-state index contributed by atoms with van der Waals surface area (Å²) in [5, 5.41) is 21.4. The fourth-order valence-corrected chi connectivity index (χ4v) is 3.68. The molecule has 4 heterocycles. The van der Waals surface area contributed by atoms with E-state index in [4.69, 9.17) is 15.2 Å². The summed E-state index contributed by atoms with van der Waals surface area (Å²) in [5.41, 5.74) is 10.1. The van der Waals surface area contributed by atoms with Gasteiger partial charge >= 0.3 is 0 Å². The Morgan fingerprint density at radius 3 is 2.90 bits per heavy atom. The van der Waals surface area contributed by atoms with E-state index in [1.807, 2.05) is 23.6 Å². The molecule has 0 saturated heterocycles. The zero-order valence-electron chi connectivity index (χ0n) is 16.0. The van der Waals surface area contributed by atoms with Crippen LogP contribution in [0.2, 0.25) is 0 Å². The number of amides is 1. The van der Waals surface area contributed by atoms with Crippen molar-refractivity contribution in [1.29, 1.82) is 0 Å². The van der Waals surface area contributed by atoms with Gasteiger partial charge in [0.2, 0.25) is 18.4 Å². The van der Waals surface area contributed by atoms with Crippen LogP contribution in [-0.2, 0) is 0 Å². The number of nitrogens with zero attached hydrogens (tertiary/aromatic N) is 6. The Morgan fingerprint density at radius 1 is 1.26 bits per heavy atom. The molecule has 1 amide bonds. The quantitative estimate of drug-likeness (QED) is 0.350. The number of hydrogen-bond acceptors (Lipinski definition) is 11. The summed E-state index contributed by atoms with van der Waals surface area (Å²) in [6.07, 6.45) is 0. The number of aromatic nitrogens is 5. The van der Waals surface area contributed by atoms with E-state index < -0.39 is 5.91 Å². The first kappa shape index (κ1) is 18.7. The van der Waals surface area contributed by atoms with Crippen LogP contribution < -0.4 is 20.6 Å². The van der Waals surface area contributed by atoms with E-state index in [1.165, 1.54) is 16.0 Å². The molecule has 1 aromatic carbocycles. The number of nitrogens with one attached hydrogen (secondary N) is 1. The van der Waals surface area contributed by atoms with Crippen molar-refractivity contribution in [2.24, 2.45) is 5.10 Å². The SMILES string of the molecule is C/C(=N\NC(=O)c1nnn(-c2nonc2N)c1-c1cccs1)c1ccc2c(c1)OCO2. The molecule has 0 unspecified atom stereocenters. The highest BCUT2D eigenvalue weighted by atomic mass is 32.1. The fraction of sp³-hybridized carbons (Fsp3) is 0.111. The smallest absolute Gasteiger partial charge is 0.294 e. The normalized spacial score (nSPS) is 12.9. The summed E-state index contributed by atoms with van der Waals surface area (Å²) in [5.74, 6) is 0.894. The molecule has 3 N–H and O–H groups in total. The van der Waals surface area contributed by atoms with Gasteiger partial charge in [-0.2, -0.15) is 9.78 Å². The van der Waals surface area contributed by atoms with Gasteiger partial charge in [-0.1, -0.05) is 11.3 Å². The molecule has 12 nitrogen and oxygen atoms in total. The zero-order valence-corrected chi connectivity index (χ0v) is 16.8. The maximum Gasteiger partial charge on any atom is 0.294 e. The minimum atomic E-state index is -0.551. The van der Waals surface area contributed by atoms with Crippen LogP contribution in [0.5, 0.6) is 11.5 Å². The second-order valence-corrected chi connectivity index (χ2v) is 7.30. The molecule has 0 bridgehead atoms. The van der Waals surface area contributed by atoms with Crippen molar-refractivity contribution in [3.05, 3.63) is 47.0 Å². The number of hydrazone groups is 1. The van der Waals surface area contributed by atoms with Crippen LogP contribution in [0.4, 0.5) is 5.82 Å². The molecule has 1 aliphatic rings. The van der Waals surface area contributed by atoms with Crippen LogP contribution in [0, 0.1) is 0 Å². The van der Waals surface area contributed by atoms with Crippen LogP contribution in [-0.4, -0.2) is 43.7 Å². The minimum absolute atomic E-state index is 0.0198. The van der Waals surface area contributed by atoms with Crippen molar-refractivity contribution in [2.75, 3.05) is 12.5 Å². The topological polar surface area (TPSA) is 156 Å². The van der Waals surface area contributed by atoms with Gasteiger partial charge in [-0.05, 0) is 46.9 Å². The predicted molar refractivity (Wildman–Crippen MR) is 109 cm³/mol. The first-order valence-corrected chi connectivity index (χ1v) is 9.82. The van der Waals surface area contributed by atoms with Gasteiger partial charge in [-0.3, -0.25) is 4.79 Å². The highest BCUT2D eigenvalue weighted by molar-refractivity contribution is 7.13. The average Bonchev–Trinajstić information content (AvgIpc) is 3.56. The molecule has 13 heteroatoms. The van der Waals surface area contributed by atoms with Gasteiger partial charge in [-0.15, -0.1) is 16.4 Å². The Labute approximate surface area is 178 Å². The zero-order chi connectivity index (χ0) is 21.4. The number of thiophene rings is 1. The molecule has 0 fully saturated rings. The van der Waals surface area contributed by atoms with Gasteiger partial charge in [0.25, 0.3) is 5.91 Å². The second kappa shape index (κ2) is 7.53. The van der Waals surface area contributed by atoms with Crippen LogP contribution in [0.25, 0.3) is 16.4 Å². The molecule has 3 aromatic heterocycles. The second-order valence-electron chi connectivity index (χ2n) is 6.36. The van der Waals surface area contributed by atoms with Crippen LogP contribution in [0.1, 0.15) is 23.0 Å². The predicted octanol–water partition coefficient (Wildman–Crippen LogP) is 1.84. The molecule has 5 rings (SSSR count). The molecule has 0 aliphatic carbocycles. The average molecular weight is 438 g/mol. The number of rotatable bonds is 5. The molecule has 156 valence electrons. The van der Waals surface area contributed by atoms with Crippen molar-refractivity contribution >= 4 is 28.8 Å². The molecule has 0 radical (unpaired) electrons. The number of nitrogen functional groups attached to an aromatic ring is 1. The number of fused-ring (bicyclic) bond motifs is 1. The lowest BCUT2D eigenvalue weighted by atomic mass is 10.1. The monoisotopic (exact) mass is 438 g/mol. The first-order valence-electron chi connectivity index (χ1n) is 8.94. The van der Waals surface area contributed by atoms with E-state index in [0.717, 1.165) is 10.4 Å². The molecular formula is C18H14N8O4S. The number of benzene rings is 1. The maximum absolute atomic E-state index is 12.9. The largest absolute Gasteiger partial charge is 0.454 e. The van der Waals surface area contributed by atoms with Gasteiger partial charge in [0.1, 0.15) is 5.69 Å². The third-order valence-corrected chi connectivity index (χ3v) is 5.33. The number of carbonyl (C=O) groups excluding carboxylic acids is 1. The van der Waals surface area contributed by atoms with E-state index in [0.29, 0.717) is 22.9 Å². The van der Waals surface area contributed by atoms with E-state index in [1.54, 1.807) is 19.1 Å². The molecule has 0 spiro atoms. The van der Waals surface area contributed by atoms with Gasteiger partial charge in [0.05, 0.1) is 10.6 Å². The van der Waals surface area contributed by atoms with Crippen molar-refractivity contribution in [1.82, 2.24) is 30.7 Å². The van der Waals surface area contributed by atoms with E-state index >= 15 is 0 Å². The summed E-state index contributed by atoms with van der Waals surface area (Å²) < 4.78 is 16.6. The lowest BCUT2D eigenvalue weighted by molar-refractivity contribution is 0.0950. The van der Waals surface area contributed by atoms with Crippen molar-refractivity contribution in [2.45, 2.75) is 6.92 Å². The molecule has 0 atom stereocenters. The molecule has 31 heavy (non-hydrogen) atoms. The van der Waals surface area contributed by atoms with Crippen molar-refractivity contribution in [3.63, 3.8) is 0 Å². The highest BCUT2D eigenvalue weighted by Crippen LogP contribution is 2.33. The van der Waals surface area contributed by atoms with Crippen LogP contribution >= 0.6 is 11.3 Å². The number of hydrogen-bond donors (Lipinski definition) is 2. The first-order chi connectivity index (χ1) is 15.1. The third kappa shape index (κ3) is 3.36. The summed E-state index contributed by atoms with van der Waals surface area (Å²) in [4.78, 5) is 13.6. The molecular weight excluding hydrogens is 424 g/mol. The number of carbonyl (C=O) groups is 1. The maximum atomic E-state index is 12.9. The summed E-state index contributed by atoms with van der Waals surface area (Å²) in [7, 11) is 0. The van der Waals surface area contributed by atoms with Crippen LogP contribution in [0.3, 0.4) is 0 Å². The van der Waals surface area contributed by atoms with E-state index in [-0.39, 0.29) is 24.1 Å². The van der Waals surface area contributed by atoms with Crippen LogP contribution in [0.15, 0.2) is 45.4 Å². The lowest BCUT2D eigenvalue weighted by Gasteiger charge is -2.05. The number of anilines is 1. The van der Waals surface area contributed by atoms with Gasteiger partial charge in [-0.25, -0.2) is 10.1 Å². The Balaban J connectivity index is 1.45. The molecule has 4 aromatic rings. The molecule has 0 saturated carbocycles. The Bertz CT molecular complexity index is 1290. The van der Waals surface area contributed by atoms with Crippen molar-refractivity contribution < 1.29 is 18.9 Å². The Hall–Kier alpha value is -4.26. The summed E-state index contributed by atoms with van der Waals surface area (Å²) in [6.45, 7) is 1.94. The molecule has 1 aliphatic heterocycles. The van der Waals surface area contributed by atoms with Gasteiger partial charge in [0, 0.05) is 5.56 Å². The number of ether oxygens (including phenoxy) is 2. The number of nitrogens with two attached hydrogens (primary N) is 1. The van der Waals surface area contributed by atoms with Gasteiger partial charge < -0.3 is 15.2 Å². The Kier molecular flexibility index (Phi) is 4.55.